The van der Waals surface area contributed by atoms with E-state index < -0.39 is 11.6 Å². The first-order chi connectivity index (χ1) is 9.06. The molecule has 3 rings (SSSR count). The molecule has 96 valence electrons. The molecule has 5 heteroatoms. The van der Waals surface area contributed by atoms with Crippen LogP contribution in [0.5, 0.6) is 0 Å². The van der Waals surface area contributed by atoms with E-state index in [2.05, 4.69) is 4.98 Å². The largest absolute Gasteiger partial charge is 0.330 e. The third kappa shape index (κ3) is 1.96. The summed E-state index contributed by atoms with van der Waals surface area (Å²) in [5.74, 6) is -1.25. The predicted octanol–water partition coefficient (Wildman–Crippen LogP) is 4.27. The molecule has 0 bridgehead atoms. The van der Waals surface area contributed by atoms with Gasteiger partial charge in [-0.1, -0.05) is 6.07 Å². The number of benzene rings is 2. The van der Waals surface area contributed by atoms with E-state index in [-0.39, 0.29) is 5.69 Å². The van der Waals surface area contributed by atoms with Crippen molar-refractivity contribution in [1.29, 1.82) is 0 Å². The number of H-pyrrole nitrogens is 1. The van der Waals surface area contributed by atoms with E-state index in [1.54, 1.807) is 4.57 Å². The normalized spacial score (nSPS) is 11.1. The molecule has 0 fully saturated rings. The van der Waals surface area contributed by atoms with Crippen LogP contribution in [0, 0.1) is 23.3 Å². The molecule has 0 aliphatic rings. The van der Waals surface area contributed by atoms with E-state index in [4.69, 9.17) is 12.2 Å². The molecule has 0 radical (unpaired) electrons. The van der Waals surface area contributed by atoms with Crippen LogP contribution in [0.15, 0.2) is 36.4 Å². The standard InChI is InChI=1S/C14H10F2N2S/c1-8-2-4-13-11(6-8)17-14(19)18(13)12-5-3-9(15)7-10(12)16/h2-7H,1H3,(H,17,19). The summed E-state index contributed by atoms with van der Waals surface area (Å²) >= 11 is 5.22. The Kier molecular flexibility index (Phi) is 2.71. The number of nitrogens with one attached hydrogen (secondary N) is 1. The number of aromatic amines is 1. The van der Waals surface area contributed by atoms with Crippen molar-refractivity contribution in [2.75, 3.05) is 0 Å². The summed E-state index contributed by atoms with van der Waals surface area (Å²) in [5.41, 5.74) is 2.91. The van der Waals surface area contributed by atoms with Crippen LogP contribution in [0.4, 0.5) is 8.78 Å². The SMILES string of the molecule is Cc1ccc2c(c1)[nH]c(=S)n2-c1ccc(F)cc1F. The monoisotopic (exact) mass is 276 g/mol. The molecule has 2 nitrogen and oxygen atoms in total. The minimum atomic E-state index is -0.641. The highest BCUT2D eigenvalue weighted by molar-refractivity contribution is 7.71. The molecule has 19 heavy (non-hydrogen) atoms. The molecule has 0 atom stereocenters. The third-order valence-electron chi connectivity index (χ3n) is 2.99. The first-order valence-electron chi connectivity index (χ1n) is 5.73. The summed E-state index contributed by atoms with van der Waals surface area (Å²) in [6.45, 7) is 1.96. The van der Waals surface area contributed by atoms with Gasteiger partial charge in [0.05, 0.1) is 16.7 Å². The Morgan fingerprint density at radius 3 is 2.63 bits per heavy atom. The Labute approximate surface area is 113 Å². The fourth-order valence-electron chi connectivity index (χ4n) is 2.13. The average Bonchev–Trinajstić information content (AvgIpc) is 2.65. The summed E-state index contributed by atoms with van der Waals surface area (Å²) < 4.78 is 28.8. The van der Waals surface area contributed by atoms with Crippen molar-refractivity contribution in [2.24, 2.45) is 0 Å². The van der Waals surface area contributed by atoms with E-state index in [1.807, 2.05) is 25.1 Å². The highest BCUT2D eigenvalue weighted by Crippen LogP contribution is 2.23. The smallest absolute Gasteiger partial charge is 0.182 e. The van der Waals surface area contributed by atoms with E-state index >= 15 is 0 Å². The van der Waals surface area contributed by atoms with Gasteiger partial charge in [-0.15, -0.1) is 0 Å². The summed E-state index contributed by atoms with van der Waals surface area (Å²) in [4.78, 5) is 3.03. The highest BCUT2D eigenvalue weighted by atomic mass is 32.1. The average molecular weight is 276 g/mol. The van der Waals surface area contributed by atoms with Crippen LogP contribution < -0.4 is 0 Å². The maximum atomic E-state index is 13.9. The van der Waals surface area contributed by atoms with Crippen molar-refractivity contribution in [1.82, 2.24) is 9.55 Å². The first kappa shape index (κ1) is 12.0. The molecule has 3 aromatic rings. The lowest BCUT2D eigenvalue weighted by Crippen LogP contribution is -1.98. The molecule has 0 unspecified atom stereocenters. The molecule has 1 N–H and O–H groups in total. The van der Waals surface area contributed by atoms with Crippen LogP contribution in [0.25, 0.3) is 16.7 Å². The van der Waals surface area contributed by atoms with E-state index in [9.17, 15) is 8.78 Å². The summed E-state index contributed by atoms with van der Waals surface area (Å²) in [5, 5.41) is 0. The lowest BCUT2D eigenvalue weighted by Gasteiger charge is -2.06. The second-order valence-corrected chi connectivity index (χ2v) is 4.77. The number of aromatic nitrogens is 2. The van der Waals surface area contributed by atoms with Gasteiger partial charge in [0.15, 0.2) is 4.77 Å². The molecular weight excluding hydrogens is 266 g/mol. The van der Waals surface area contributed by atoms with Gasteiger partial charge in [0, 0.05) is 6.07 Å². The number of hydrogen-bond donors (Lipinski definition) is 1. The minimum Gasteiger partial charge on any atom is -0.330 e. The van der Waals surface area contributed by atoms with Crippen molar-refractivity contribution in [3.05, 3.63) is 58.4 Å². The maximum Gasteiger partial charge on any atom is 0.182 e. The fraction of sp³-hybridized carbons (Fsp3) is 0.0714. The van der Waals surface area contributed by atoms with Crippen LogP contribution in [0.2, 0.25) is 0 Å². The highest BCUT2D eigenvalue weighted by Gasteiger charge is 2.11. The van der Waals surface area contributed by atoms with Gasteiger partial charge >= 0.3 is 0 Å². The van der Waals surface area contributed by atoms with Crippen molar-refractivity contribution in [2.45, 2.75) is 6.92 Å². The zero-order valence-electron chi connectivity index (χ0n) is 10.1. The summed E-state index contributed by atoms with van der Waals surface area (Å²) in [6, 6.07) is 9.16. The predicted molar refractivity (Wildman–Crippen MR) is 73.1 cm³/mol. The van der Waals surface area contributed by atoms with E-state index in [0.29, 0.717) is 4.77 Å². The lowest BCUT2D eigenvalue weighted by molar-refractivity contribution is 0.578. The number of halogens is 2. The summed E-state index contributed by atoms with van der Waals surface area (Å²) in [7, 11) is 0. The molecule has 0 saturated carbocycles. The second kappa shape index (κ2) is 4.28. The van der Waals surface area contributed by atoms with Gasteiger partial charge < -0.3 is 4.98 Å². The Hall–Kier alpha value is -2.01. The number of aryl methyl sites for hydroxylation is 1. The van der Waals surface area contributed by atoms with E-state index in [0.717, 1.165) is 22.7 Å². The van der Waals surface area contributed by atoms with Crippen LogP contribution >= 0.6 is 12.2 Å². The van der Waals surface area contributed by atoms with Gasteiger partial charge in [-0.2, -0.15) is 0 Å². The van der Waals surface area contributed by atoms with Crippen LogP contribution in [-0.4, -0.2) is 9.55 Å². The molecule has 0 saturated heterocycles. The minimum absolute atomic E-state index is 0.238. The van der Waals surface area contributed by atoms with Gasteiger partial charge in [0.1, 0.15) is 11.6 Å². The zero-order chi connectivity index (χ0) is 13.6. The first-order valence-corrected chi connectivity index (χ1v) is 6.14. The fourth-order valence-corrected chi connectivity index (χ4v) is 2.43. The lowest BCUT2D eigenvalue weighted by atomic mass is 10.2. The van der Waals surface area contributed by atoms with Crippen LogP contribution in [-0.2, 0) is 0 Å². The van der Waals surface area contributed by atoms with Crippen molar-refractivity contribution in [3.63, 3.8) is 0 Å². The maximum absolute atomic E-state index is 13.9. The molecule has 2 aromatic carbocycles. The number of fused-ring (bicyclic) bond motifs is 1. The molecule has 0 amide bonds. The third-order valence-corrected chi connectivity index (χ3v) is 3.27. The van der Waals surface area contributed by atoms with Crippen LogP contribution in [0.1, 0.15) is 5.56 Å². The van der Waals surface area contributed by atoms with Gasteiger partial charge in [-0.05, 0) is 49.0 Å². The molecule has 1 aromatic heterocycles. The molecule has 0 aliphatic carbocycles. The number of rotatable bonds is 1. The van der Waals surface area contributed by atoms with Gasteiger partial charge in [-0.25, -0.2) is 8.78 Å². The molecule has 1 heterocycles. The Bertz CT molecular complexity index is 833. The zero-order valence-corrected chi connectivity index (χ0v) is 10.9. The van der Waals surface area contributed by atoms with Crippen molar-refractivity contribution >= 4 is 23.3 Å². The molecule has 0 spiro atoms. The van der Waals surface area contributed by atoms with Gasteiger partial charge in [-0.3, -0.25) is 4.57 Å². The number of nitrogens with zero attached hydrogens (tertiary/aromatic N) is 1. The number of hydrogen-bond acceptors (Lipinski definition) is 1. The summed E-state index contributed by atoms with van der Waals surface area (Å²) in [6.07, 6.45) is 0. The molecule has 0 aliphatic heterocycles. The van der Waals surface area contributed by atoms with Crippen LogP contribution in [0.3, 0.4) is 0 Å². The van der Waals surface area contributed by atoms with Gasteiger partial charge in [0.25, 0.3) is 0 Å². The van der Waals surface area contributed by atoms with Crippen molar-refractivity contribution < 1.29 is 8.78 Å². The Morgan fingerprint density at radius 1 is 1.11 bits per heavy atom. The van der Waals surface area contributed by atoms with Crippen molar-refractivity contribution in [3.8, 4) is 5.69 Å². The topological polar surface area (TPSA) is 20.7 Å². The Morgan fingerprint density at radius 2 is 1.89 bits per heavy atom. The Balaban J connectivity index is 2.36. The van der Waals surface area contributed by atoms with Gasteiger partial charge in [0.2, 0.25) is 0 Å². The quantitative estimate of drug-likeness (QED) is 0.658. The van der Waals surface area contributed by atoms with E-state index in [1.165, 1.54) is 12.1 Å². The number of imidazole rings is 1. The second-order valence-electron chi connectivity index (χ2n) is 4.38. The molecular formula is C14H10F2N2S.